The second-order valence-corrected chi connectivity index (χ2v) is 4.80. The normalized spacial score (nSPS) is 20.9. The molecule has 1 aliphatic heterocycles. The first-order valence-electron chi connectivity index (χ1n) is 6.48. The Morgan fingerprint density at radius 2 is 2.12 bits per heavy atom. The molecule has 0 radical (unpaired) electrons. The van der Waals surface area contributed by atoms with Crippen LogP contribution in [0.2, 0.25) is 0 Å². The molecular formula is C14H21FN2. The van der Waals surface area contributed by atoms with Crippen molar-refractivity contribution >= 4 is 0 Å². The van der Waals surface area contributed by atoms with E-state index in [1.54, 1.807) is 0 Å². The summed E-state index contributed by atoms with van der Waals surface area (Å²) in [4.78, 5) is 2.43. The fraction of sp³-hybridized carbons (Fsp3) is 0.571. The Labute approximate surface area is 103 Å². The van der Waals surface area contributed by atoms with E-state index >= 15 is 0 Å². The summed E-state index contributed by atoms with van der Waals surface area (Å²) < 4.78 is 12.8. The fourth-order valence-electron chi connectivity index (χ4n) is 2.34. The van der Waals surface area contributed by atoms with Crippen LogP contribution in [0.3, 0.4) is 0 Å². The summed E-state index contributed by atoms with van der Waals surface area (Å²) in [7, 11) is 0. The van der Waals surface area contributed by atoms with Gasteiger partial charge in [0.05, 0.1) is 0 Å². The van der Waals surface area contributed by atoms with Gasteiger partial charge in [-0.3, -0.25) is 4.90 Å². The van der Waals surface area contributed by atoms with Gasteiger partial charge in [-0.1, -0.05) is 19.1 Å². The van der Waals surface area contributed by atoms with Crippen molar-refractivity contribution < 1.29 is 4.39 Å². The van der Waals surface area contributed by atoms with Crippen molar-refractivity contribution in [3.8, 4) is 0 Å². The molecule has 1 saturated heterocycles. The van der Waals surface area contributed by atoms with Gasteiger partial charge in [0.15, 0.2) is 0 Å². The van der Waals surface area contributed by atoms with Crippen molar-refractivity contribution in [3.05, 3.63) is 35.6 Å². The van der Waals surface area contributed by atoms with Gasteiger partial charge in [-0.2, -0.15) is 0 Å². The minimum absolute atomic E-state index is 0.155. The van der Waals surface area contributed by atoms with Crippen LogP contribution in [0.4, 0.5) is 4.39 Å². The maximum atomic E-state index is 12.8. The first-order valence-corrected chi connectivity index (χ1v) is 6.48. The molecule has 1 heterocycles. The highest BCUT2D eigenvalue weighted by molar-refractivity contribution is 5.16. The Kier molecular flexibility index (Phi) is 4.51. The maximum Gasteiger partial charge on any atom is 0.123 e. The van der Waals surface area contributed by atoms with Gasteiger partial charge in [0.25, 0.3) is 0 Å². The number of halogens is 1. The first kappa shape index (κ1) is 12.5. The molecule has 1 aromatic rings. The topological polar surface area (TPSA) is 15.3 Å². The monoisotopic (exact) mass is 236 g/mol. The van der Waals surface area contributed by atoms with Crippen molar-refractivity contribution in [2.24, 2.45) is 0 Å². The summed E-state index contributed by atoms with van der Waals surface area (Å²) in [5.41, 5.74) is 1.20. The lowest BCUT2D eigenvalue weighted by Crippen LogP contribution is -2.32. The van der Waals surface area contributed by atoms with Crippen LogP contribution in [-0.2, 0) is 6.54 Å². The molecule has 0 spiro atoms. The van der Waals surface area contributed by atoms with E-state index in [0.29, 0.717) is 6.04 Å². The highest BCUT2D eigenvalue weighted by Gasteiger charge is 2.21. The third kappa shape index (κ3) is 3.79. The van der Waals surface area contributed by atoms with Crippen molar-refractivity contribution in [1.29, 1.82) is 0 Å². The lowest BCUT2D eigenvalue weighted by molar-refractivity contribution is 0.320. The summed E-state index contributed by atoms with van der Waals surface area (Å²) >= 11 is 0. The molecular weight excluding hydrogens is 215 g/mol. The molecule has 1 atom stereocenters. The van der Waals surface area contributed by atoms with Gasteiger partial charge < -0.3 is 5.32 Å². The summed E-state index contributed by atoms with van der Waals surface area (Å²) in [6, 6.07) is 7.47. The molecule has 0 aromatic heterocycles. The van der Waals surface area contributed by atoms with E-state index in [1.165, 1.54) is 30.5 Å². The zero-order chi connectivity index (χ0) is 12.1. The third-order valence-electron chi connectivity index (χ3n) is 3.27. The highest BCUT2D eigenvalue weighted by Crippen LogP contribution is 2.13. The number of rotatable bonds is 5. The van der Waals surface area contributed by atoms with Crippen molar-refractivity contribution in [2.45, 2.75) is 32.4 Å². The molecule has 17 heavy (non-hydrogen) atoms. The Balaban J connectivity index is 1.79. The van der Waals surface area contributed by atoms with Crippen molar-refractivity contribution in [2.75, 3.05) is 19.6 Å². The number of nitrogens with zero attached hydrogens (tertiary/aromatic N) is 1. The molecule has 0 bridgehead atoms. The number of hydrogen-bond donors (Lipinski definition) is 1. The minimum Gasteiger partial charge on any atom is -0.313 e. The molecule has 0 aliphatic carbocycles. The zero-order valence-electron chi connectivity index (χ0n) is 10.5. The molecule has 1 fully saturated rings. The minimum atomic E-state index is -0.155. The van der Waals surface area contributed by atoms with Crippen LogP contribution in [0, 0.1) is 5.82 Å². The number of likely N-dealkylation sites (tertiary alicyclic amines) is 1. The summed E-state index contributed by atoms with van der Waals surface area (Å²) in [6.07, 6.45) is 2.41. The molecule has 1 unspecified atom stereocenters. The Hall–Kier alpha value is -0.930. The quantitative estimate of drug-likeness (QED) is 0.844. The van der Waals surface area contributed by atoms with Crippen LogP contribution in [0.1, 0.15) is 25.3 Å². The van der Waals surface area contributed by atoms with Gasteiger partial charge in [0.2, 0.25) is 0 Å². The first-order chi connectivity index (χ1) is 8.28. The maximum absolute atomic E-state index is 12.8. The highest BCUT2D eigenvalue weighted by atomic mass is 19.1. The van der Waals surface area contributed by atoms with Gasteiger partial charge in [0, 0.05) is 25.7 Å². The Morgan fingerprint density at radius 1 is 1.35 bits per heavy atom. The smallest absolute Gasteiger partial charge is 0.123 e. The lowest BCUT2D eigenvalue weighted by atomic mass is 10.2. The SMILES string of the molecule is CCCNC1CCN(Cc2ccc(F)cc2)C1. The molecule has 2 rings (SSSR count). The average Bonchev–Trinajstić information content (AvgIpc) is 2.77. The van der Waals surface area contributed by atoms with Crippen LogP contribution >= 0.6 is 0 Å². The molecule has 2 nitrogen and oxygen atoms in total. The average molecular weight is 236 g/mol. The Bertz CT molecular complexity index is 337. The summed E-state index contributed by atoms with van der Waals surface area (Å²) in [6.45, 7) is 6.48. The Morgan fingerprint density at radius 3 is 2.82 bits per heavy atom. The van der Waals surface area contributed by atoms with Gasteiger partial charge in [0.1, 0.15) is 5.82 Å². The van der Waals surface area contributed by atoms with E-state index in [4.69, 9.17) is 0 Å². The van der Waals surface area contributed by atoms with Crippen molar-refractivity contribution in [3.63, 3.8) is 0 Å². The summed E-state index contributed by atoms with van der Waals surface area (Å²) in [5, 5.41) is 3.55. The van der Waals surface area contributed by atoms with E-state index in [1.807, 2.05) is 12.1 Å². The predicted molar refractivity (Wildman–Crippen MR) is 68.4 cm³/mol. The molecule has 0 amide bonds. The van der Waals surface area contributed by atoms with E-state index in [-0.39, 0.29) is 5.82 Å². The third-order valence-corrected chi connectivity index (χ3v) is 3.27. The van der Waals surface area contributed by atoms with Gasteiger partial charge in [-0.25, -0.2) is 4.39 Å². The molecule has 3 heteroatoms. The zero-order valence-corrected chi connectivity index (χ0v) is 10.5. The largest absolute Gasteiger partial charge is 0.313 e. The summed E-state index contributed by atoms with van der Waals surface area (Å²) in [5.74, 6) is -0.155. The van der Waals surface area contributed by atoms with E-state index < -0.39 is 0 Å². The van der Waals surface area contributed by atoms with Crippen molar-refractivity contribution in [1.82, 2.24) is 10.2 Å². The van der Waals surface area contributed by atoms with Gasteiger partial charge >= 0.3 is 0 Å². The molecule has 1 N–H and O–H groups in total. The number of nitrogens with one attached hydrogen (secondary N) is 1. The second kappa shape index (κ2) is 6.12. The van der Waals surface area contributed by atoms with Crippen LogP contribution in [0.15, 0.2) is 24.3 Å². The molecule has 0 saturated carbocycles. The van der Waals surface area contributed by atoms with Crippen LogP contribution in [-0.4, -0.2) is 30.6 Å². The van der Waals surface area contributed by atoms with E-state index in [0.717, 1.165) is 26.2 Å². The van der Waals surface area contributed by atoms with E-state index in [2.05, 4.69) is 17.1 Å². The molecule has 1 aliphatic rings. The van der Waals surface area contributed by atoms with Crippen LogP contribution < -0.4 is 5.32 Å². The van der Waals surface area contributed by atoms with Gasteiger partial charge in [-0.05, 0) is 37.1 Å². The second-order valence-electron chi connectivity index (χ2n) is 4.80. The predicted octanol–water partition coefficient (Wildman–Crippen LogP) is 2.40. The standard InChI is InChI=1S/C14H21FN2/c1-2-8-16-14-7-9-17(11-14)10-12-3-5-13(15)6-4-12/h3-6,14,16H,2,7-11H2,1H3. The van der Waals surface area contributed by atoms with Gasteiger partial charge in [-0.15, -0.1) is 0 Å². The van der Waals surface area contributed by atoms with Crippen LogP contribution in [0.25, 0.3) is 0 Å². The van der Waals surface area contributed by atoms with Crippen LogP contribution in [0.5, 0.6) is 0 Å². The fourth-order valence-corrected chi connectivity index (χ4v) is 2.34. The molecule has 94 valence electrons. The number of hydrogen-bond acceptors (Lipinski definition) is 2. The number of benzene rings is 1. The molecule has 1 aromatic carbocycles. The van der Waals surface area contributed by atoms with E-state index in [9.17, 15) is 4.39 Å². The lowest BCUT2D eigenvalue weighted by Gasteiger charge is -2.16.